The molecule has 9 heteroatoms. The van der Waals surface area contributed by atoms with Gasteiger partial charge in [0.1, 0.15) is 5.01 Å². The average molecular weight is 451 g/mol. The van der Waals surface area contributed by atoms with E-state index in [2.05, 4.69) is 29.4 Å². The van der Waals surface area contributed by atoms with Crippen molar-refractivity contribution in [3.05, 3.63) is 34.8 Å². The van der Waals surface area contributed by atoms with Gasteiger partial charge in [-0.2, -0.15) is 4.31 Å². The molecule has 1 heterocycles. The van der Waals surface area contributed by atoms with E-state index < -0.39 is 10.0 Å². The average Bonchev–Trinajstić information content (AvgIpc) is 3.23. The molecule has 1 aromatic carbocycles. The molecule has 0 aliphatic heterocycles. The fraction of sp³-hybridized carbons (Fsp3) is 0.571. The largest absolute Gasteiger partial charge is 0.296 e. The minimum Gasteiger partial charge on any atom is -0.296 e. The van der Waals surface area contributed by atoms with Crippen LogP contribution in [0.5, 0.6) is 0 Å². The zero-order valence-electron chi connectivity index (χ0n) is 17.8. The molecule has 0 saturated heterocycles. The van der Waals surface area contributed by atoms with Gasteiger partial charge in [-0.15, -0.1) is 10.2 Å². The molecule has 3 rings (SSSR count). The van der Waals surface area contributed by atoms with Gasteiger partial charge in [-0.3, -0.25) is 10.1 Å². The lowest BCUT2D eigenvalue weighted by atomic mass is 9.96. The van der Waals surface area contributed by atoms with E-state index in [1.807, 2.05) is 0 Å². The van der Waals surface area contributed by atoms with Crippen LogP contribution in [0.15, 0.2) is 29.2 Å². The molecule has 1 aliphatic rings. The first-order chi connectivity index (χ1) is 14.4. The quantitative estimate of drug-likeness (QED) is 0.632. The van der Waals surface area contributed by atoms with Crippen LogP contribution in [0, 0.1) is 0 Å². The summed E-state index contributed by atoms with van der Waals surface area (Å²) < 4.78 is 27.6. The summed E-state index contributed by atoms with van der Waals surface area (Å²) in [5.41, 5.74) is 0.285. The molecular formula is C21H30N4O3S2. The molecule has 1 fully saturated rings. The van der Waals surface area contributed by atoms with Gasteiger partial charge in [0.05, 0.1) is 4.90 Å². The number of aromatic nitrogens is 2. The van der Waals surface area contributed by atoms with Crippen LogP contribution in [-0.4, -0.2) is 41.9 Å². The van der Waals surface area contributed by atoms with Gasteiger partial charge in [-0.1, -0.05) is 50.5 Å². The molecule has 0 radical (unpaired) electrons. The van der Waals surface area contributed by atoms with Crippen molar-refractivity contribution < 1.29 is 13.2 Å². The van der Waals surface area contributed by atoms with Crippen LogP contribution in [0.25, 0.3) is 0 Å². The minimum atomic E-state index is -3.65. The second-order valence-electron chi connectivity index (χ2n) is 7.75. The van der Waals surface area contributed by atoms with Gasteiger partial charge in [0.15, 0.2) is 0 Å². The van der Waals surface area contributed by atoms with Crippen molar-refractivity contribution in [1.29, 1.82) is 0 Å². The maximum Gasteiger partial charge on any atom is 0.257 e. The van der Waals surface area contributed by atoms with Gasteiger partial charge >= 0.3 is 0 Å². The Labute approximate surface area is 183 Å². The Morgan fingerprint density at radius 3 is 2.57 bits per heavy atom. The van der Waals surface area contributed by atoms with Gasteiger partial charge < -0.3 is 0 Å². The summed E-state index contributed by atoms with van der Waals surface area (Å²) >= 11 is 1.37. The lowest BCUT2D eigenvalue weighted by Crippen LogP contribution is -2.38. The maximum absolute atomic E-state index is 13.1. The van der Waals surface area contributed by atoms with Crippen LogP contribution in [0.1, 0.15) is 80.1 Å². The zero-order chi connectivity index (χ0) is 21.7. The number of rotatable bonds is 8. The summed E-state index contributed by atoms with van der Waals surface area (Å²) in [6.07, 6.45) is 6.95. The number of hydrogen-bond acceptors (Lipinski definition) is 6. The van der Waals surface area contributed by atoms with E-state index in [1.165, 1.54) is 21.7 Å². The Morgan fingerprint density at radius 1 is 1.20 bits per heavy atom. The summed E-state index contributed by atoms with van der Waals surface area (Å²) in [7, 11) is -2.02. The maximum atomic E-state index is 13.1. The molecular weight excluding hydrogens is 420 g/mol. The van der Waals surface area contributed by atoms with Crippen molar-refractivity contribution in [2.24, 2.45) is 0 Å². The highest BCUT2D eigenvalue weighted by Crippen LogP contribution is 2.29. The highest BCUT2D eigenvalue weighted by Gasteiger charge is 2.29. The van der Waals surface area contributed by atoms with Crippen LogP contribution in [-0.2, 0) is 10.0 Å². The Balaban J connectivity index is 1.75. The van der Waals surface area contributed by atoms with E-state index in [4.69, 9.17) is 0 Å². The third kappa shape index (κ3) is 5.07. The second kappa shape index (κ2) is 9.98. The molecule has 30 heavy (non-hydrogen) atoms. The predicted molar refractivity (Wildman–Crippen MR) is 119 cm³/mol. The van der Waals surface area contributed by atoms with E-state index in [0.717, 1.165) is 50.0 Å². The summed E-state index contributed by atoms with van der Waals surface area (Å²) in [5.74, 6) is -0.0587. The van der Waals surface area contributed by atoms with E-state index in [9.17, 15) is 13.2 Å². The van der Waals surface area contributed by atoms with Crippen LogP contribution >= 0.6 is 11.3 Å². The number of hydrogen-bond donors (Lipinski definition) is 1. The van der Waals surface area contributed by atoms with E-state index >= 15 is 0 Å². The number of sulfonamides is 1. The summed E-state index contributed by atoms with van der Waals surface area (Å²) in [5, 5.41) is 12.3. The summed E-state index contributed by atoms with van der Waals surface area (Å²) in [6, 6.07) is 6.21. The Hall–Kier alpha value is -1.84. The van der Waals surface area contributed by atoms with E-state index in [0.29, 0.717) is 11.0 Å². The van der Waals surface area contributed by atoms with E-state index in [1.54, 1.807) is 25.2 Å². The fourth-order valence-electron chi connectivity index (χ4n) is 3.86. The van der Waals surface area contributed by atoms with Crippen molar-refractivity contribution in [2.75, 3.05) is 12.4 Å². The highest BCUT2D eigenvalue weighted by molar-refractivity contribution is 7.89. The molecule has 1 aliphatic carbocycles. The van der Waals surface area contributed by atoms with E-state index in [-0.39, 0.29) is 22.4 Å². The number of nitrogens with zero attached hydrogens (tertiary/aromatic N) is 3. The standard InChI is InChI=1S/C21H30N4O3S2/c1-4-15(5-2)20-23-24-21(29-20)22-19(26)16-10-9-13-18(14-16)30(27,28)25(3)17-11-7-6-8-12-17/h9-10,13-15,17H,4-8,11-12H2,1-3H3,(H,22,24,26). The normalized spacial score (nSPS) is 15.6. The first-order valence-corrected chi connectivity index (χ1v) is 12.8. The molecule has 164 valence electrons. The molecule has 2 aromatic rings. The molecule has 7 nitrogen and oxygen atoms in total. The molecule has 1 aromatic heterocycles. The second-order valence-corrected chi connectivity index (χ2v) is 10.8. The Bertz CT molecular complexity index is 964. The molecule has 1 saturated carbocycles. The molecule has 1 amide bonds. The lowest BCUT2D eigenvalue weighted by Gasteiger charge is -2.30. The number of nitrogens with one attached hydrogen (secondary N) is 1. The van der Waals surface area contributed by atoms with Gasteiger partial charge in [-0.25, -0.2) is 8.42 Å². The Kier molecular flexibility index (Phi) is 7.60. The third-order valence-corrected chi connectivity index (χ3v) is 8.77. The molecule has 0 unspecified atom stereocenters. The Morgan fingerprint density at radius 2 is 1.90 bits per heavy atom. The molecule has 0 atom stereocenters. The van der Waals surface area contributed by atoms with Crippen LogP contribution < -0.4 is 5.32 Å². The van der Waals surface area contributed by atoms with Crippen molar-refractivity contribution in [3.63, 3.8) is 0 Å². The van der Waals surface area contributed by atoms with Crippen LogP contribution in [0.2, 0.25) is 0 Å². The van der Waals surface area contributed by atoms with Gasteiger partial charge in [0.2, 0.25) is 15.2 Å². The molecule has 1 N–H and O–H groups in total. The van der Waals surface area contributed by atoms with Crippen LogP contribution in [0.3, 0.4) is 0 Å². The smallest absolute Gasteiger partial charge is 0.257 e. The van der Waals surface area contributed by atoms with Crippen molar-refractivity contribution >= 4 is 32.4 Å². The topological polar surface area (TPSA) is 92.3 Å². The lowest BCUT2D eigenvalue weighted by molar-refractivity contribution is 0.102. The van der Waals surface area contributed by atoms with Gasteiger partial charge in [-0.05, 0) is 43.9 Å². The fourth-order valence-corrected chi connectivity index (χ4v) is 6.33. The van der Waals surface area contributed by atoms with Crippen molar-refractivity contribution in [3.8, 4) is 0 Å². The number of anilines is 1. The first-order valence-electron chi connectivity index (χ1n) is 10.6. The number of amides is 1. The molecule has 0 spiro atoms. The monoisotopic (exact) mass is 450 g/mol. The van der Waals surface area contributed by atoms with Gasteiger partial charge in [0, 0.05) is 24.6 Å². The predicted octanol–water partition coefficient (Wildman–Crippen LogP) is 4.65. The highest BCUT2D eigenvalue weighted by atomic mass is 32.2. The third-order valence-electron chi connectivity index (χ3n) is 5.86. The summed E-state index contributed by atoms with van der Waals surface area (Å²) in [6.45, 7) is 4.20. The SMILES string of the molecule is CCC(CC)c1nnc(NC(=O)c2cccc(S(=O)(=O)N(C)C3CCCCC3)c2)s1. The summed E-state index contributed by atoms with van der Waals surface area (Å²) in [4.78, 5) is 12.8. The van der Waals surface area contributed by atoms with Crippen molar-refractivity contribution in [2.45, 2.75) is 75.6 Å². The first kappa shape index (κ1) is 22.8. The van der Waals surface area contributed by atoms with Crippen molar-refractivity contribution in [1.82, 2.24) is 14.5 Å². The minimum absolute atomic E-state index is 0.0196. The van der Waals surface area contributed by atoms with Gasteiger partial charge in [0.25, 0.3) is 5.91 Å². The van der Waals surface area contributed by atoms with Crippen LogP contribution in [0.4, 0.5) is 5.13 Å². The molecule has 0 bridgehead atoms. The zero-order valence-corrected chi connectivity index (χ0v) is 19.4. The number of carbonyl (C=O) groups is 1. The number of benzene rings is 1. The number of carbonyl (C=O) groups excluding carboxylic acids is 1.